The molecule has 0 saturated heterocycles. The second-order valence-corrected chi connectivity index (χ2v) is 12.3. The van der Waals surface area contributed by atoms with Crippen molar-refractivity contribution in [1.29, 1.82) is 0 Å². The number of ether oxygens (including phenoxy) is 1. The number of rotatable bonds is 4. The van der Waals surface area contributed by atoms with Crippen molar-refractivity contribution in [1.82, 2.24) is 4.90 Å². The number of aryl methyl sites for hydroxylation is 1. The average Bonchev–Trinajstić information content (AvgIpc) is 3.10. The number of aliphatic hydroxyl groups is 1. The quantitative estimate of drug-likeness (QED) is 0.455. The minimum Gasteiger partial charge on any atom is -0.491 e. The van der Waals surface area contributed by atoms with Crippen LogP contribution >= 0.6 is 11.6 Å². The van der Waals surface area contributed by atoms with Crippen LogP contribution in [0.2, 0.25) is 5.02 Å². The summed E-state index contributed by atoms with van der Waals surface area (Å²) in [7, 11) is 1.70. The molecule has 1 fully saturated rings. The van der Waals surface area contributed by atoms with E-state index in [-0.39, 0.29) is 24.2 Å². The van der Waals surface area contributed by atoms with Crippen LogP contribution in [0.4, 0.5) is 5.69 Å². The van der Waals surface area contributed by atoms with E-state index in [0.717, 1.165) is 42.9 Å². The smallest absolute Gasteiger partial charge is 0.311 e. The number of aliphatic carboxylic acids is 1. The highest BCUT2D eigenvalue weighted by atomic mass is 35.5. The molecule has 2 N–H and O–H groups in total. The van der Waals surface area contributed by atoms with E-state index in [1.165, 1.54) is 11.1 Å². The van der Waals surface area contributed by atoms with Gasteiger partial charge in [0.2, 0.25) is 5.91 Å². The van der Waals surface area contributed by atoms with E-state index in [1.807, 2.05) is 30.4 Å². The van der Waals surface area contributed by atoms with E-state index in [4.69, 9.17) is 16.3 Å². The summed E-state index contributed by atoms with van der Waals surface area (Å²) in [5.41, 5.74) is 3.90. The Morgan fingerprint density at radius 1 is 1.15 bits per heavy atom. The van der Waals surface area contributed by atoms with Gasteiger partial charge in [0.1, 0.15) is 5.75 Å². The number of fused-ring (bicyclic) bond motifs is 2. The number of carbonyl (C=O) groups excluding carboxylic acids is 1. The summed E-state index contributed by atoms with van der Waals surface area (Å²) in [6.45, 7) is 4.56. The van der Waals surface area contributed by atoms with Gasteiger partial charge >= 0.3 is 5.97 Å². The van der Waals surface area contributed by atoms with Crippen LogP contribution in [0.5, 0.6) is 5.75 Å². The Labute approximate surface area is 247 Å². The number of carboxylic acid groups (broad SMARTS) is 1. The summed E-state index contributed by atoms with van der Waals surface area (Å²) in [5, 5.41) is 21.9. The average molecular weight is 581 g/mol. The molecule has 41 heavy (non-hydrogen) atoms. The van der Waals surface area contributed by atoms with Gasteiger partial charge in [-0.2, -0.15) is 0 Å². The van der Waals surface area contributed by atoms with Gasteiger partial charge in [0.15, 0.2) is 0 Å². The number of benzene rings is 2. The third kappa shape index (κ3) is 6.57. The fraction of sp³-hybridized carbons (Fsp3) is 0.515. The molecule has 2 bridgehead atoms. The van der Waals surface area contributed by atoms with E-state index in [2.05, 4.69) is 24.0 Å². The molecule has 7 nitrogen and oxygen atoms in total. The van der Waals surface area contributed by atoms with Gasteiger partial charge in [0.25, 0.3) is 0 Å². The number of anilines is 1. The van der Waals surface area contributed by atoms with E-state index in [0.29, 0.717) is 43.3 Å². The molecule has 5 atom stereocenters. The zero-order chi connectivity index (χ0) is 29.1. The Kier molecular flexibility index (Phi) is 9.25. The molecule has 2 aromatic carbocycles. The van der Waals surface area contributed by atoms with Crippen LogP contribution in [0, 0.1) is 11.8 Å². The summed E-state index contributed by atoms with van der Waals surface area (Å²) in [6.07, 6.45) is 7.70. The lowest BCUT2D eigenvalue weighted by molar-refractivity contribution is -0.142. The summed E-state index contributed by atoms with van der Waals surface area (Å²) >= 11 is 6.38. The second-order valence-electron chi connectivity index (χ2n) is 11.9. The summed E-state index contributed by atoms with van der Waals surface area (Å²) < 4.78 is 6.42. The summed E-state index contributed by atoms with van der Waals surface area (Å²) in [5.74, 6) is -0.920. The third-order valence-corrected chi connectivity index (χ3v) is 9.34. The lowest BCUT2D eigenvalue weighted by Gasteiger charge is -2.42. The molecular formula is C33H41ClN2O5. The molecule has 8 heteroatoms. The van der Waals surface area contributed by atoms with Crippen molar-refractivity contribution >= 4 is 29.2 Å². The molecule has 5 rings (SSSR count). The van der Waals surface area contributed by atoms with Gasteiger partial charge in [-0.05, 0) is 78.5 Å². The molecule has 0 aromatic heterocycles. The molecule has 1 aliphatic carbocycles. The zero-order valence-corrected chi connectivity index (χ0v) is 24.7. The summed E-state index contributed by atoms with van der Waals surface area (Å²) in [6, 6.07) is 11.7. The second kappa shape index (κ2) is 12.9. The highest BCUT2D eigenvalue weighted by molar-refractivity contribution is 6.30. The number of carbonyl (C=O) groups is 2. The Balaban J connectivity index is 1.55. The van der Waals surface area contributed by atoms with Crippen LogP contribution in [-0.4, -0.2) is 66.4 Å². The first-order valence-corrected chi connectivity index (χ1v) is 15.2. The minimum absolute atomic E-state index is 0.0871. The number of amides is 1. The maximum atomic E-state index is 13.0. The predicted molar refractivity (Wildman–Crippen MR) is 161 cm³/mol. The van der Waals surface area contributed by atoms with Crippen LogP contribution < -0.4 is 9.64 Å². The van der Waals surface area contributed by atoms with Gasteiger partial charge in [-0.15, -0.1) is 0 Å². The first-order chi connectivity index (χ1) is 19.7. The topological polar surface area (TPSA) is 90.3 Å². The highest BCUT2D eigenvalue weighted by Gasteiger charge is 2.38. The molecular weight excluding hydrogens is 540 g/mol. The normalized spacial score (nSPS) is 27.7. The number of nitrogens with zero attached hydrogens (tertiary/aromatic N) is 2. The van der Waals surface area contributed by atoms with Crippen molar-refractivity contribution in [2.75, 3.05) is 38.2 Å². The van der Waals surface area contributed by atoms with Crippen LogP contribution in [-0.2, 0) is 16.0 Å². The van der Waals surface area contributed by atoms with E-state index < -0.39 is 18.0 Å². The fourth-order valence-corrected chi connectivity index (χ4v) is 6.75. The van der Waals surface area contributed by atoms with Crippen molar-refractivity contribution in [3.8, 4) is 5.75 Å². The van der Waals surface area contributed by atoms with Crippen LogP contribution in [0.3, 0.4) is 0 Å². The fourth-order valence-electron chi connectivity index (χ4n) is 6.55. The van der Waals surface area contributed by atoms with Gasteiger partial charge in [0, 0.05) is 44.0 Å². The standard InChI is InChI=1S/C33H41ClN2O5/c1-3-6-21-15-25(34)10-12-26(21)24-19-36-18-23-8-11-27(23)30(37)7-4-5-14-35(2)32(38)17-28(33(39)40)22-9-13-31(41-20-24)29(36)16-22/h4,7,9-10,12-13,15-16,23-24,27-28,30,37H,3,5-6,8,11,14,17-20H2,1-2H3,(H,39,40)/b7-4+. The Hall–Kier alpha value is -3.03. The van der Waals surface area contributed by atoms with E-state index in [9.17, 15) is 19.8 Å². The van der Waals surface area contributed by atoms with Crippen molar-refractivity contribution in [2.24, 2.45) is 11.8 Å². The number of hydrogen-bond donors (Lipinski definition) is 2. The van der Waals surface area contributed by atoms with E-state index in [1.54, 1.807) is 18.0 Å². The lowest BCUT2D eigenvalue weighted by atomic mass is 9.70. The molecule has 5 unspecified atom stereocenters. The van der Waals surface area contributed by atoms with Crippen molar-refractivity contribution < 1.29 is 24.5 Å². The largest absolute Gasteiger partial charge is 0.491 e. The first kappa shape index (κ1) is 29.5. The number of hydrogen-bond acceptors (Lipinski definition) is 5. The Bertz CT molecular complexity index is 1300. The van der Waals surface area contributed by atoms with E-state index >= 15 is 0 Å². The van der Waals surface area contributed by atoms with Crippen LogP contribution in [0.15, 0.2) is 48.6 Å². The Morgan fingerprint density at radius 2 is 1.98 bits per heavy atom. The molecule has 0 radical (unpaired) electrons. The molecule has 2 heterocycles. The van der Waals surface area contributed by atoms with Gasteiger partial charge in [-0.25, -0.2) is 0 Å². The minimum atomic E-state index is -1.01. The van der Waals surface area contributed by atoms with Gasteiger partial charge < -0.3 is 24.7 Å². The molecule has 2 aromatic rings. The van der Waals surface area contributed by atoms with Crippen LogP contribution in [0.1, 0.15) is 67.6 Å². The predicted octanol–water partition coefficient (Wildman–Crippen LogP) is 5.64. The number of carboxylic acids is 1. The van der Waals surface area contributed by atoms with Crippen molar-refractivity contribution in [3.63, 3.8) is 0 Å². The SMILES string of the molecule is CCCc1cc(Cl)ccc1C1COc2ccc3cc2N(C1)CC1CCC1C(O)/C=C/CCN(C)C(=O)CC3C(=O)O. The van der Waals surface area contributed by atoms with Gasteiger partial charge in [-0.3, -0.25) is 9.59 Å². The van der Waals surface area contributed by atoms with Crippen LogP contribution in [0.25, 0.3) is 0 Å². The number of halogens is 1. The molecule has 220 valence electrons. The highest BCUT2D eigenvalue weighted by Crippen LogP contribution is 2.43. The van der Waals surface area contributed by atoms with Crippen molar-refractivity contribution in [3.05, 3.63) is 70.3 Å². The number of aliphatic hydroxyl groups excluding tert-OH is 1. The Morgan fingerprint density at radius 3 is 2.71 bits per heavy atom. The molecule has 1 amide bonds. The maximum Gasteiger partial charge on any atom is 0.311 e. The maximum absolute atomic E-state index is 13.0. The summed E-state index contributed by atoms with van der Waals surface area (Å²) in [4.78, 5) is 29.3. The first-order valence-electron chi connectivity index (χ1n) is 14.9. The third-order valence-electron chi connectivity index (χ3n) is 9.11. The van der Waals surface area contributed by atoms with Crippen molar-refractivity contribution in [2.45, 2.75) is 63.4 Å². The zero-order valence-electron chi connectivity index (χ0n) is 24.0. The monoisotopic (exact) mass is 580 g/mol. The molecule has 3 aliphatic rings. The van der Waals surface area contributed by atoms with Gasteiger partial charge in [0.05, 0.1) is 24.3 Å². The van der Waals surface area contributed by atoms with Gasteiger partial charge in [-0.1, -0.05) is 49.2 Å². The molecule has 0 spiro atoms. The molecule has 2 aliphatic heterocycles. The molecule has 1 saturated carbocycles. The lowest BCUT2D eigenvalue weighted by Crippen LogP contribution is -2.44.